The van der Waals surface area contributed by atoms with E-state index in [-0.39, 0.29) is 6.61 Å². The van der Waals surface area contributed by atoms with E-state index in [1.54, 1.807) is 0 Å². The summed E-state index contributed by atoms with van der Waals surface area (Å²) in [5, 5.41) is 22.1. The van der Waals surface area contributed by atoms with Crippen LogP contribution in [-0.4, -0.2) is 47.6 Å². The largest absolute Gasteiger partial charge is 0.388 e. The van der Waals surface area contributed by atoms with Gasteiger partial charge in [-0.2, -0.15) is 5.10 Å². The number of nitrogens with zero attached hydrogens (tertiary/aromatic N) is 6. The summed E-state index contributed by atoms with van der Waals surface area (Å²) in [5.74, 6) is 1.99. The maximum atomic E-state index is 9.28. The first-order valence-electron chi connectivity index (χ1n) is 8.33. The summed E-state index contributed by atoms with van der Waals surface area (Å²) in [6.45, 7) is 7.22. The zero-order valence-corrected chi connectivity index (χ0v) is 14.2. The second-order valence-corrected chi connectivity index (χ2v) is 6.69. The minimum atomic E-state index is -0.0612. The average Bonchev–Trinajstić information content (AvgIpc) is 3.14. The maximum absolute atomic E-state index is 9.28. The predicted octanol–water partition coefficient (Wildman–Crippen LogP) is 1.46. The standard InChI is InChI=1S/C16H26N6O/c1-12(2)22-9-13(7-17-22)8-21-6-4-5-14(10-21)16-19-18-15(11-23)20(16)3/h7,9,12,14,23H,4-6,8,10-11H2,1-3H3. The van der Waals surface area contributed by atoms with Crippen LogP contribution in [0.15, 0.2) is 12.4 Å². The second kappa shape index (κ2) is 6.80. The van der Waals surface area contributed by atoms with Crippen LogP contribution < -0.4 is 0 Å². The Kier molecular flexibility index (Phi) is 4.77. The van der Waals surface area contributed by atoms with E-state index < -0.39 is 0 Å². The van der Waals surface area contributed by atoms with Gasteiger partial charge in [-0.05, 0) is 33.2 Å². The molecule has 0 bridgehead atoms. The van der Waals surface area contributed by atoms with E-state index in [9.17, 15) is 5.11 Å². The lowest BCUT2D eigenvalue weighted by atomic mass is 9.97. The summed E-state index contributed by atoms with van der Waals surface area (Å²) in [4.78, 5) is 2.46. The zero-order chi connectivity index (χ0) is 16.4. The highest BCUT2D eigenvalue weighted by Gasteiger charge is 2.26. The Morgan fingerprint density at radius 1 is 1.35 bits per heavy atom. The van der Waals surface area contributed by atoms with Crippen LogP contribution in [0.2, 0.25) is 0 Å². The van der Waals surface area contributed by atoms with Gasteiger partial charge in [0.2, 0.25) is 0 Å². The van der Waals surface area contributed by atoms with Crippen LogP contribution in [0.1, 0.15) is 55.9 Å². The molecule has 1 N–H and O–H groups in total. The molecule has 0 saturated carbocycles. The first-order chi connectivity index (χ1) is 11.1. The van der Waals surface area contributed by atoms with Crippen LogP contribution in [-0.2, 0) is 20.2 Å². The van der Waals surface area contributed by atoms with E-state index in [4.69, 9.17) is 0 Å². The summed E-state index contributed by atoms with van der Waals surface area (Å²) in [6.07, 6.45) is 6.39. The van der Waals surface area contributed by atoms with Gasteiger partial charge in [-0.15, -0.1) is 10.2 Å². The van der Waals surface area contributed by atoms with Gasteiger partial charge in [-0.1, -0.05) is 0 Å². The molecule has 0 amide bonds. The first-order valence-corrected chi connectivity index (χ1v) is 8.33. The van der Waals surface area contributed by atoms with Crippen LogP contribution >= 0.6 is 0 Å². The fourth-order valence-electron chi connectivity index (χ4n) is 3.28. The van der Waals surface area contributed by atoms with Gasteiger partial charge in [0.15, 0.2) is 5.82 Å². The van der Waals surface area contributed by atoms with Gasteiger partial charge < -0.3 is 9.67 Å². The lowest BCUT2D eigenvalue weighted by Gasteiger charge is -2.31. The predicted molar refractivity (Wildman–Crippen MR) is 86.8 cm³/mol. The molecule has 1 aliphatic rings. The molecule has 126 valence electrons. The van der Waals surface area contributed by atoms with Crippen molar-refractivity contribution in [3.8, 4) is 0 Å². The molecule has 0 radical (unpaired) electrons. The lowest BCUT2D eigenvalue weighted by molar-refractivity contribution is 0.194. The van der Waals surface area contributed by atoms with Crippen molar-refractivity contribution in [2.75, 3.05) is 13.1 Å². The maximum Gasteiger partial charge on any atom is 0.158 e. The van der Waals surface area contributed by atoms with E-state index in [0.717, 1.165) is 38.3 Å². The van der Waals surface area contributed by atoms with Crippen LogP contribution in [0.4, 0.5) is 0 Å². The SMILES string of the molecule is CC(C)n1cc(CN2CCCC(c3nnc(CO)n3C)C2)cn1. The molecule has 1 saturated heterocycles. The van der Waals surface area contributed by atoms with Gasteiger partial charge in [-0.3, -0.25) is 9.58 Å². The number of aliphatic hydroxyl groups is 1. The highest BCUT2D eigenvalue weighted by Crippen LogP contribution is 2.26. The molecular formula is C16H26N6O. The zero-order valence-electron chi connectivity index (χ0n) is 14.2. The van der Waals surface area contributed by atoms with Crippen molar-refractivity contribution in [3.63, 3.8) is 0 Å². The highest BCUT2D eigenvalue weighted by atomic mass is 16.3. The topological polar surface area (TPSA) is 72.0 Å². The Balaban J connectivity index is 1.66. The number of aromatic nitrogens is 5. The molecule has 1 unspecified atom stereocenters. The quantitative estimate of drug-likeness (QED) is 0.904. The van der Waals surface area contributed by atoms with Gasteiger partial charge in [0, 0.05) is 43.9 Å². The van der Waals surface area contributed by atoms with Crippen LogP contribution in [0.5, 0.6) is 0 Å². The molecule has 23 heavy (non-hydrogen) atoms. The second-order valence-electron chi connectivity index (χ2n) is 6.69. The normalized spacial score (nSPS) is 19.6. The number of likely N-dealkylation sites (tertiary alicyclic amines) is 1. The van der Waals surface area contributed by atoms with Gasteiger partial charge >= 0.3 is 0 Å². The molecule has 1 fully saturated rings. The summed E-state index contributed by atoms with van der Waals surface area (Å²) >= 11 is 0. The van der Waals surface area contributed by atoms with Gasteiger partial charge in [0.1, 0.15) is 12.4 Å². The molecule has 0 aliphatic carbocycles. The Hall–Kier alpha value is -1.73. The number of aliphatic hydroxyl groups excluding tert-OH is 1. The number of piperidine rings is 1. The third-order valence-electron chi connectivity index (χ3n) is 4.60. The summed E-state index contributed by atoms with van der Waals surface area (Å²) in [6, 6.07) is 0.397. The summed E-state index contributed by atoms with van der Waals surface area (Å²) in [5.41, 5.74) is 1.26. The van der Waals surface area contributed by atoms with Crippen LogP contribution in [0.3, 0.4) is 0 Å². The van der Waals surface area contributed by atoms with Crippen LogP contribution in [0.25, 0.3) is 0 Å². The van der Waals surface area contributed by atoms with E-state index in [0.29, 0.717) is 17.8 Å². The van der Waals surface area contributed by atoms with E-state index in [2.05, 4.69) is 40.2 Å². The fourth-order valence-corrected chi connectivity index (χ4v) is 3.28. The molecule has 7 heteroatoms. The third-order valence-corrected chi connectivity index (χ3v) is 4.60. The van der Waals surface area contributed by atoms with Crippen molar-refractivity contribution in [1.29, 1.82) is 0 Å². The monoisotopic (exact) mass is 318 g/mol. The molecular weight excluding hydrogens is 292 g/mol. The van der Waals surface area contributed by atoms with Crippen molar-refractivity contribution in [2.45, 2.75) is 51.8 Å². The molecule has 7 nitrogen and oxygen atoms in total. The molecule has 1 atom stereocenters. The van der Waals surface area contributed by atoms with Crippen LogP contribution in [0, 0.1) is 0 Å². The fraction of sp³-hybridized carbons (Fsp3) is 0.688. The van der Waals surface area contributed by atoms with Crippen molar-refractivity contribution in [3.05, 3.63) is 29.6 Å². The number of rotatable bonds is 5. The Morgan fingerprint density at radius 2 is 2.17 bits per heavy atom. The highest BCUT2D eigenvalue weighted by molar-refractivity contribution is 5.07. The lowest BCUT2D eigenvalue weighted by Crippen LogP contribution is -2.34. The van der Waals surface area contributed by atoms with Gasteiger partial charge in [-0.25, -0.2) is 0 Å². The van der Waals surface area contributed by atoms with Crippen molar-refractivity contribution in [2.24, 2.45) is 7.05 Å². The molecule has 1 aliphatic heterocycles. The molecule has 2 aromatic heterocycles. The Labute approximate surface area is 136 Å². The summed E-state index contributed by atoms with van der Waals surface area (Å²) < 4.78 is 3.94. The smallest absolute Gasteiger partial charge is 0.158 e. The third kappa shape index (κ3) is 3.45. The summed E-state index contributed by atoms with van der Waals surface area (Å²) in [7, 11) is 1.94. The molecule has 0 aromatic carbocycles. The van der Waals surface area contributed by atoms with E-state index >= 15 is 0 Å². The minimum absolute atomic E-state index is 0.0612. The first kappa shape index (κ1) is 16.1. The van der Waals surface area contributed by atoms with Gasteiger partial charge in [0.25, 0.3) is 0 Å². The molecule has 3 rings (SSSR count). The Bertz CT molecular complexity index is 647. The minimum Gasteiger partial charge on any atom is -0.388 e. The van der Waals surface area contributed by atoms with Crippen molar-refractivity contribution in [1.82, 2.24) is 29.4 Å². The molecule has 0 spiro atoms. The molecule has 3 heterocycles. The van der Waals surface area contributed by atoms with E-state index in [1.807, 2.05) is 22.5 Å². The number of hydrogen-bond donors (Lipinski definition) is 1. The Morgan fingerprint density at radius 3 is 2.83 bits per heavy atom. The van der Waals surface area contributed by atoms with Gasteiger partial charge in [0.05, 0.1) is 6.20 Å². The number of hydrogen-bond acceptors (Lipinski definition) is 5. The van der Waals surface area contributed by atoms with Crippen molar-refractivity contribution < 1.29 is 5.11 Å². The van der Waals surface area contributed by atoms with Crippen molar-refractivity contribution >= 4 is 0 Å². The molecule has 2 aromatic rings. The van der Waals surface area contributed by atoms with E-state index in [1.165, 1.54) is 5.56 Å². The average molecular weight is 318 g/mol.